The minimum Gasteiger partial charge on any atom is -0.457 e. The fourth-order valence-electron chi connectivity index (χ4n) is 2.48. The number of rotatable bonds is 1. The number of carbonyl (C=O) groups is 2. The van der Waals surface area contributed by atoms with E-state index in [-0.39, 0.29) is 13.2 Å². The van der Waals surface area contributed by atoms with Crippen molar-refractivity contribution in [2.75, 3.05) is 25.2 Å². The van der Waals surface area contributed by atoms with E-state index in [2.05, 4.69) is 0 Å². The second kappa shape index (κ2) is 7.00. The first-order valence-electron chi connectivity index (χ1n) is 7.58. The number of anilines is 1. The molecule has 0 N–H and O–H groups in total. The molecule has 122 valence electrons. The normalized spacial score (nSPS) is 17.7. The highest BCUT2D eigenvalue weighted by molar-refractivity contribution is 6.01. The number of para-hydroxylation sites is 1. The summed E-state index contributed by atoms with van der Waals surface area (Å²) < 4.78 is 10.7. The summed E-state index contributed by atoms with van der Waals surface area (Å²) in [5, 5.41) is 0. The number of carbonyl (C=O) groups excluding carboxylic acids is 2. The molecule has 1 amide bonds. The summed E-state index contributed by atoms with van der Waals surface area (Å²) in [7, 11) is 1.56. The molecule has 0 spiro atoms. The van der Waals surface area contributed by atoms with Crippen molar-refractivity contribution in [2.24, 2.45) is 0 Å². The lowest BCUT2D eigenvalue weighted by Crippen LogP contribution is -2.28. The van der Waals surface area contributed by atoms with E-state index >= 15 is 0 Å². The van der Waals surface area contributed by atoms with Gasteiger partial charge in [-0.15, -0.1) is 0 Å². The molecule has 1 heterocycles. The number of esters is 1. The predicted molar refractivity (Wildman–Crippen MR) is 90.9 cm³/mol. The summed E-state index contributed by atoms with van der Waals surface area (Å²) in [5.74, 6) is -0.478. The second-order valence-corrected chi connectivity index (χ2v) is 5.32. The van der Waals surface area contributed by atoms with Gasteiger partial charge in [-0.1, -0.05) is 42.5 Å². The fourth-order valence-corrected chi connectivity index (χ4v) is 2.48. The molecule has 0 aliphatic carbocycles. The van der Waals surface area contributed by atoms with Crippen LogP contribution >= 0.6 is 0 Å². The largest absolute Gasteiger partial charge is 0.457 e. The van der Waals surface area contributed by atoms with Crippen LogP contribution in [-0.4, -0.2) is 32.3 Å². The summed E-state index contributed by atoms with van der Waals surface area (Å²) in [6.07, 6.45) is 1.23. The molecule has 0 aromatic heterocycles. The molecule has 0 bridgehead atoms. The van der Waals surface area contributed by atoms with Gasteiger partial charge in [0.2, 0.25) is 0 Å². The minimum absolute atomic E-state index is 0.104. The van der Waals surface area contributed by atoms with Crippen LogP contribution in [0.1, 0.15) is 15.9 Å². The van der Waals surface area contributed by atoms with Crippen molar-refractivity contribution in [1.29, 1.82) is 0 Å². The third kappa shape index (κ3) is 3.30. The van der Waals surface area contributed by atoms with E-state index in [9.17, 15) is 9.59 Å². The second-order valence-electron chi connectivity index (χ2n) is 5.32. The maximum atomic E-state index is 12.4. The quantitative estimate of drug-likeness (QED) is 0.754. The van der Waals surface area contributed by atoms with Gasteiger partial charge in [0.05, 0.1) is 11.3 Å². The number of hydrogen-bond acceptors (Lipinski definition) is 4. The third-order valence-electron chi connectivity index (χ3n) is 3.80. The van der Waals surface area contributed by atoms with Gasteiger partial charge in [-0.25, -0.2) is 9.59 Å². The summed E-state index contributed by atoms with van der Waals surface area (Å²) in [4.78, 5) is 25.9. The smallest absolute Gasteiger partial charge is 0.414 e. The average molecular weight is 323 g/mol. The van der Waals surface area contributed by atoms with Crippen molar-refractivity contribution in [3.63, 3.8) is 0 Å². The zero-order valence-corrected chi connectivity index (χ0v) is 13.3. The first-order chi connectivity index (χ1) is 11.7. The summed E-state index contributed by atoms with van der Waals surface area (Å²) >= 11 is 0. The van der Waals surface area contributed by atoms with Crippen LogP contribution < -0.4 is 4.90 Å². The molecule has 0 radical (unpaired) electrons. The molecule has 1 aliphatic rings. The number of benzene rings is 2. The van der Waals surface area contributed by atoms with Gasteiger partial charge in [-0.2, -0.15) is 0 Å². The lowest BCUT2D eigenvalue weighted by molar-refractivity contribution is 0.0557. The zero-order valence-electron chi connectivity index (χ0n) is 13.3. The van der Waals surface area contributed by atoms with Gasteiger partial charge in [0.15, 0.2) is 0 Å². The molecule has 0 unspecified atom stereocenters. The Labute approximate surface area is 140 Å². The third-order valence-corrected chi connectivity index (χ3v) is 3.80. The molecule has 2 aromatic rings. The molecular formula is C19H17NO4. The summed E-state index contributed by atoms with van der Waals surface area (Å²) in [6.45, 7) is 0.214. The number of fused-ring (bicyclic) bond motifs is 1. The van der Waals surface area contributed by atoms with Crippen LogP contribution in [0.4, 0.5) is 10.5 Å². The van der Waals surface area contributed by atoms with Gasteiger partial charge in [0.25, 0.3) is 0 Å². The highest BCUT2D eigenvalue weighted by atomic mass is 16.6. The molecule has 1 aliphatic heterocycles. The maximum absolute atomic E-state index is 12.4. The van der Waals surface area contributed by atoms with Crippen molar-refractivity contribution < 1.29 is 19.1 Å². The number of nitrogens with zero attached hydrogens (tertiary/aromatic N) is 1. The van der Waals surface area contributed by atoms with Crippen molar-refractivity contribution in [1.82, 2.24) is 0 Å². The van der Waals surface area contributed by atoms with Gasteiger partial charge in [-0.05, 0) is 29.3 Å². The Hall–Kier alpha value is -3.08. The monoisotopic (exact) mass is 323 g/mol. The number of hydrogen-bond donors (Lipinski definition) is 0. The number of cyclic esters (lactones) is 2. The number of ether oxygens (including phenoxy) is 2. The Morgan fingerprint density at radius 2 is 1.62 bits per heavy atom. The highest BCUT2D eigenvalue weighted by Gasteiger charge is 2.21. The Morgan fingerprint density at radius 1 is 0.917 bits per heavy atom. The minimum atomic E-state index is -0.527. The van der Waals surface area contributed by atoms with Crippen LogP contribution in [0.15, 0.2) is 60.7 Å². The van der Waals surface area contributed by atoms with E-state index in [1.54, 1.807) is 37.4 Å². The molecule has 5 nitrogen and oxygen atoms in total. The van der Waals surface area contributed by atoms with Gasteiger partial charge < -0.3 is 9.47 Å². The SMILES string of the molecule is CN1C(=O)OC/C=C(/c2ccccc2)COC(=O)c2ccccc21. The van der Waals surface area contributed by atoms with Crippen molar-refractivity contribution in [3.8, 4) is 0 Å². The summed E-state index contributed by atoms with van der Waals surface area (Å²) in [5.41, 5.74) is 2.49. The van der Waals surface area contributed by atoms with E-state index < -0.39 is 12.1 Å². The molecular weight excluding hydrogens is 306 g/mol. The van der Waals surface area contributed by atoms with Gasteiger partial charge in [0.1, 0.15) is 13.2 Å². The molecule has 0 saturated heterocycles. The van der Waals surface area contributed by atoms with Crippen LogP contribution in [0.5, 0.6) is 0 Å². The first kappa shape index (κ1) is 15.8. The van der Waals surface area contributed by atoms with Crippen LogP contribution in [0.25, 0.3) is 5.57 Å². The lowest BCUT2D eigenvalue weighted by atomic mass is 10.1. The van der Waals surface area contributed by atoms with E-state index in [0.717, 1.165) is 11.1 Å². The Kier molecular flexibility index (Phi) is 4.61. The van der Waals surface area contributed by atoms with Crippen molar-refractivity contribution in [3.05, 3.63) is 71.8 Å². The molecule has 5 heteroatoms. The Balaban J connectivity index is 1.96. The van der Waals surface area contributed by atoms with E-state index in [0.29, 0.717) is 11.3 Å². The fraction of sp³-hybridized carbons (Fsp3) is 0.158. The van der Waals surface area contributed by atoms with Gasteiger partial charge in [-0.3, -0.25) is 4.90 Å². The first-order valence-corrected chi connectivity index (χ1v) is 7.58. The molecule has 0 saturated carbocycles. The van der Waals surface area contributed by atoms with Crippen LogP contribution in [0.3, 0.4) is 0 Å². The molecule has 24 heavy (non-hydrogen) atoms. The van der Waals surface area contributed by atoms with Crippen LogP contribution in [-0.2, 0) is 9.47 Å². The lowest BCUT2D eigenvalue weighted by Gasteiger charge is -2.18. The highest BCUT2D eigenvalue weighted by Crippen LogP contribution is 2.23. The van der Waals surface area contributed by atoms with Crippen molar-refractivity contribution in [2.45, 2.75) is 0 Å². The topological polar surface area (TPSA) is 55.8 Å². The summed E-state index contributed by atoms with van der Waals surface area (Å²) in [6, 6.07) is 16.3. The standard InChI is InChI=1S/C19H17NO4/c1-20-17-10-6-5-9-16(17)18(21)24-13-15(11-12-23-19(20)22)14-7-3-2-4-8-14/h2-11H,12-13H2,1H3/b15-11+. The maximum Gasteiger partial charge on any atom is 0.414 e. The molecule has 3 rings (SSSR count). The van der Waals surface area contributed by atoms with Crippen LogP contribution in [0.2, 0.25) is 0 Å². The molecule has 2 aromatic carbocycles. The van der Waals surface area contributed by atoms with Crippen LogP contribution in [0, 0.1) is 0 Å². The van der Waals surface area contributed by atoms with E-state index in [4.69, 9.17) is 9.47 Å². The van der Waals surface area contributed by atoms with E-state index in [1.807, 2.05) is 30.3 Å². The zero-order chi connectivity index (χ0) is 16.9. The molecule has 0 fully saturated rings. The Morgan fingerprint density at radius 3 is 2.42 bits per heavy atom. The molecule has 0 atom stereocenters. The van der Waals surface area contributed by atoms with Gasteiger partial charge >= 0.3 is 12.1 Å². The predicted octanol–water partition coefficient (Wildman–Crippen LogP) is 3.51. The van der Waals surface area contributed by atoms with E-state index in [1.165, 1.54) is 4.90 Å². The van der Waals surface area contributed by atoms with Crippen molar-refractivity contribution >= 4 is 23.3 Å². The van der Waals surface area contributed by atoms with Gasteiger partial charge in [0, 0.05) is 7.05 Å². The number of amides is 1. The average Bonchev–Trinajstić information content (AvgIpc) is 2.65. The Bertz CT molecular complexity index is 783.